The molecular formula is C25H26Cl2N4O5. The third-order valence-electron chi connectivity index (χ3n) is 6.34. The Hall–Kier alpha value is -2.98. The molecule has 2 saturated heterocycles. The summed E-state index contributed by atoms with van der Waals surface area (Å²) in [4.78, 5) is 18.8. The molecule has 3 aromatic rings. The molecule has 190 valence electrons. The zero-order chi connectivity index (χ0) is 25.1. The lowest BCUT2D eigenvalue weighted by Crippen LogP contribution is -2.48. The number of carboxylic acid groups (broad SMARTS) is 1. The van der Waals surface area contributed by atoms with Crippen LogP contribution >= 0.6 is 23.2 Å². The van der Waals surface area contributed by atoms with Gasteiger partial charge in [-0.25, -0.2) is 9.78 Å². The summed E-state index contributed by atoms with van der Waals surface area (Å²) >= 11 is 12.6. The smallest absolute Gasteiger partial charge is 0.407 e. The predicted octanol–water partition coefficient (Wildman–Crippen LogP) is 4.34. The van der Waals surface area contributed by atoms with Gasteiger partial charge in [-0.1, -0.05) is 29.3 Å². The number of piperazine rings is 1. The average molecular weight is 533 g/mol. The van der Waals surface area contributed by atoms with Crippen molar-refractivity contribution in [1.82, 2.24) is 14.5 Å². The molecule has 3 heterocycles. The summed E-state index contributed by atoms with van der Waals surface area (Å²) in [6.45, 7) is 3.30. The second-order valence-electron chi connectivity index (χ2n) is 8.72. The van der Waals surface area contributed by atoms with E-state index in [2.05, 4.69) is 9.88 Å². The van der Waals surface area contributed by atoms with Crippen molar-refractivity contribution in [3.8, 4) is 5.75 Å². The second-order valence-corrected chi connectivity index (χ2v) is 9.57. The van der Waals surface area contributed by atoms with E-state index in [1.54, 1.807) is 24.7 Å². The van der Waals surface area contributed by atoms with Gasteiger partial charge in [-0.05, 0) is 36.4 Å². The lowest BCUT2D eigenvalue weighted by atomic mass is 10.1. The molecule has 2 aromatic carbocycles. The van der Waals surface area contributed by atoms with Crippen LogP contribution in [0.1, 0.15) is 5.56 Å². The Balaban J connectivity index is 1.22. The number of anilines is 1. The number of ether oxygens (including phenoxy) is 3. The van der Waals surface area contributed by atoms with Crippen molar-refractivity contribution >= 4 is 35.0 Å². The Kier molecular flexibility index (Phi) is 7.25. The zero-order valence-electron chi connectivity index (χ0n) is 19.4. The minimum atomic E-state index is -1.10. The molecule has 9 nitrogen and oxygen atoms in total. The number of halogens is 2. The van der Waals surface area contributed by atoms with E-state index >= 15 is 0 Å². The first-order chi connectivity index (χ1) is 17.4. The van der Waals surface area contributed by atoms with Crippen molar-refractivity contribution in [3.05, 3.63) is 76.8 Å². The topological polar surface area (TPSA) is 89.3 Å². The molecule has 2 fully saturated rings. The van der Waals surface area contributed by atoms with E-state index in [4.69, 9.17) is 42.5 Å². The molecule has 5 rings (SSSR count). The lowest BCUT2D eigenvalue weighted by Gasteiger charge is -2.34. The molecule has 2 aliphatic heterocycles. The first kappa shape index (κ1) is 24.7. The SMILES string of the molecule is O=C(O)N1CCN(c2ccc(OC[C@H]3CO[C@](Cn4ccnc4)(c4ccc(Cl)cc4Cl)O3)cc2)CC1. The third kappa shape index (κ3) is 5.39. The number of hydrogen-bond acceptors (Lipinski definition) is 6. The summed E-state index contributed by atoms with van der Waals surface area (Å²) in [7, 11) is 0. The number of amides is 1. The molecular weight excluding hydrogens is 507 g/mol. The second kappa shape index (κ2) is 10.6. The molecule has 1 aromatic heterocycles. The molecule has 11 heteroatoms. The number of carbonyl (C=O) groups is 1. The van der Waals surface area contributed by atoms with Crippen LogP contribution in [0.4, 0.5) is 10.5 Å². The average Bonchev–Trinajstić information content (AvgIpc) is 3.54. The highest BCUT2D eigenvalue weighted by molar-refractivity contribution is 6.35. The predicted molar refractivity (Wildman–Crippen MR) is 135 cm³/mol. The van der Waals surface area contributed by atoms with Gasteiger partial charge in [0.1, 0.15) is 18.5 Å². The molecule has 1 amide bonds. The summed E-state index contributed by atoms with van der Waals surface area (Å²) in [5.74, 6) is -0.388. The van der Waals surface area contributed by atoms with E-state index in [1.165, 1.54) is 4.90 Å². The number of nitrogens with zero attached hydrogens (tertiary/aromatic N) is 4. The zero-order valence-corrected chi connectivity index (χ0v) is 20.9. The summed E-state index contributed by atoms with van der Waals surface area (Å²) in [5, 5.41) is 10.1. The monoisotopic (exact) mass is 532 g/mol. The maximum atomic E-state index is 11.1. The van der Waals surface area contributed by atoms with Crippen LogP contribution in [0.5, 0.6) is 5.75 Å². The van der Waals surface area contributed by atoms with Crippen molar-refractivity contribution in [3.63, 3.8) is 0 Å². The van der Waals surface area contributed by atoms with Crippen LogP contribution in [0.2, 0.25) is 10.0 Å². The number of rotatable bonds is 7. The van der Waals surface area contributed by atoms with Crippen LogP contribution in [-0.2, 0) is 21.8 Å². The minimum Gasteiger partial charge on any atom is -0.491 e. The molecule has 1 N–H and O–H groups in total. The van der Waals surface area contributed by atoms with E-state index in [9.17, 15) is 4.79 Å². The summed E-state index contributed by atoms with van der Waals surface area (Å²) in [5.41, 5.74) is 1.72. The molecule has 0 unspecified atom stereocenters. The highest BCUT2D eigenvalue weighted by atomic mass is 35.5. The number of imidazole rings is 1. The van der Waals surface area contributed by atoms with Gasteiger partial charge < -0.3 is 33.7 Å². The Morgan fingerprint density at radius 1 is 1.14 bits per heavy atom. The van der Waals surface area contributed by atoms with Gasteiger partial charge in [0.2, 0.25) is 5.79 Å². The van der Waals surface area contributed by atoms with E-state index in [0.29, 0.717) is 67.3 Å². The minimum absolute atomic E-state index is 0.299. The van der Waals surface area contributed by atoms with Crippen LogP contribution in [0.15, 0.2) is 61.2 Å². The lowest BCUT2D eigenvalue weighted by molar-refractivity contribution is -0.189. The molecule has 0 aliphatic carbocycles. The van der Waals surface area contributed by atoms with Gasteiger partial charge in [0.05, 0.1) is 24.5 Å². The summed E-state index contributed by atoms with van der Waals surface area (Å²) in [6, 6.07) is 13.0. The van der Waals surface area contributed by atoms with Crippen LogP contribution in [-0.4, -0.2) is 71.1 Å². The van der Waals surface area contributed by atoms with Gasteiger partial charge in [0.15, 0.2) is 0 Å². The molecule has 2 aliphatic rings. The molecule has 0 spiro atoms. The normalized spacial score (nSPS) is 22.1. The fourth-order valence-electron chi connectivity index (χ4n) is 4.47. The number of benzene rings is 2. The van der Waals surface area contributed by atoms with Crippen molar-refractivity contribution < 1.29 is 24.1 Å². The third-order valence-corrected chi connectivity index (χ3v) is 6.89. The highest BCUT2D eigenvalue weighted by Crippen LogP contribution is 2.40. The number of hydrogen-bond donors (Lipinski definition) is 1. The van der Waals surface area contributed by atoms with Gasteiger partial charge in [-0.15, -0.1) is 0 Å². The number of aromatic nitrogens is 2. The Morgan fingerprint density at radius 3 is 2.58 bits per heavy atom. The fraction of sp³-hybridized carbons (Fsp3) is 0.360. The van der Waals surface area contributed by atoms with Gasteiger partial charge in [-0.3, -0.25) is 0 Å². The first-order valence-electron chi connectivity index (χ1n) is 11.6. The van der Waals surface area contributed by atoms with Gasteiger partial charge in [0.25, 0.3) is 0 Å². The van der Waals surface area contributed by atoms with E-state index < -0.39 is 11.9 Å². The first-order valence-corrected chi connectivity index (χ1v) is 12.4. The maximum absolute atomic E-state index is 11.1. The molecule has 0 radical (unpaired) electrons. The standard InChI is InChI=1S/C25H26Cl2N4O5/c26-18-1-6-22(23(27)13-18)25(16-29-8-7-28-17-29)35-15-21(36-25)14-34-20-4-2-19(3-5-20)30-9-11-31(12-10-30)24(32)33/h1-8,13,17,21H,9-12,14-16H2,(H,32,33)/t21-,25-/m0/s1. The van der Waals surface area contributed by atoms with Crippen molar-refractivity contribution in [2.24, 2.45) is 0 Å². The van der Waals surface area contributed by atoms with E-state index in [1.807, 2.05) is 41.1 Å². The molecule has 0 bridgehead atoms. The Labute approximate surface area is 218 Å². The van der Waals surface area contributed by atoms with Gasteiger partial charge in [0, 0.05) is 54.8 Å². The quantitative estimate of drug-likeness (QED) is 0.484. The van der Waals surface area contributed by atoms with Crippen molar-refractivity contribution in [2.45, 2.75) is 18.4 Å². The Morgan fingerprint density at radius 2 is 1.92 bits per heavy atom. The van der Waals surface area contributed by atoms with Crippen LogP contribution < -0.4 is 9.64 Å². The van der Waals surface area contributed by atoms with Gasteiger partial charge in [-0.2, -0.15) is 0 Å². The van der Waals surface area contributed by atoms with Crippen LogP contribution in [0.25, 0.3) is 0 Å². The largest absolute Gasteiger partial charge is 0.491 e. The van der Waals surface area contributed by atoms with E-state index in [-0.39, 0.29) is 6.10 Å². The molecule has 0 saturated carbocycles. The highest BCUT2D eigenvalue weighted by Gasteiger charge is 2.45. The summed E-state index contributed by atoms with van der Waals surface area (Å²) in [6.07, 6.45) is 4.05. The molecule has 36 heavy (non-hydrogen) atoms. The molecule has 2 atom stereocenters. The summed E-state index contributed by atoms with van der Waals surface area (Å²) < 4.78 is 20.5. The van der Waals surface area contributed by atoms with Crippen molar-refractivity contribution in [2.75, 3.05) is 44.3 Å². The van der Waals surface area contributed by atoms with E-state index in [0.717, 1.165) is 5.69 Å². The van der Waals surface area contributed by atoms with Crippen LogP contribution in [0, 0.1) is 0 Å². The van der Waals surface area contributed by atoms with Crippen LogP contribution in [0.3, 0.4) is 0 Å². The van der Waals surface area contributed by atoms with Crippen molar-refractivity contribution in [1.29, 1.82) is 0 Å². The fourth-order valence-corrected chi connectivity index (χ4v) is 5.03. The maximum Gasteiger partial charge on any atom is 0.407 e. The van der Waals surface area contributed by atoms with Gasteiger partial charge >= 0.3 is 6.09 Å². The Bertz CT molecular complexity index is 1190.